The van der Waals surface area contributed by atoms with E-state index in [1.807, 2.05) is 0 Å². The fraction of sp³-hybridized carbons (Fsp3) is 0.133. The van der Waals surface area contributed by atoms with Gasteiger partial charge in [-0.2, -0.15) is 0 Å². The van der Waals surface area contributed by atoms with E-state index in [9.17, 15) is 14.4 Å². The van der Waals surface area contributed by atoms with Crippen molar-refractivity contribution in [1.29, 1.82) is 0 Å². The van der Waals surface area contributed by atoms with Gasteiger partial charge in [0.1, 0.15) is 22.5 Å². The Hall–Kier alpha value is -3.09. The maximum atomic E-state index is 12.5. The van der Waals surface area contributed by atoms with E-state index in [-0.39, 0.29) is 27.8 Å². The van der Waals surface area contributed by atoms with Gasteiger partial charge < -0.3 is 18.9 Å². The molecule has 0 radical (unpaired) electrons. The zero-order chi connectivity index (χ0) is 15.9. The number of aromatic nitrogens is 1. The summed E-state index contributed by atoms with van der Waals surface area (Å²) in [6.45, 7) is 0. The van der Waals surface area contributed by atoms with Crippen molar-refractivity contribution >= 4 is 28.0 Å². The minimum atomic E-state index is -0.742. The summed E-state index contributed by atoms with van der Waals surface area (Å²) in [4.78, 5) is 38.7. The highest BCUT2D eigenvalue weighted by Crippen LogP contribution is 2.20. The Balaban J connectivity index is 2.43. The van der Waals surface area contributed by atoms with Crippen molar-refractivity contribution in [1.82, 2.24) is 4.98 Å². The number of carbonyl (C=O) groups excluding carboxylic acids is 1. The minimum Gasteiger partial charge on any atom is -0.497 e. The second-order valence-corrected chi connectivity index (χ2v) is 4.54. The van der Waals surface area contributed by atoms with Crippen molar-refractivity contribution in [3.63, 3.8) is 0 Å². The lowest BCUT2D eigenvalue weighted by molar-refractivity contribution is 0.0594. The predicted molar refractivity (Wildman–Crippen MR) is 78.5 cm³/mol. The Bertz CT molecular complexity index is 1010. The summed E-state index contributed by atoms with van der Waals surface area (Å²) in [6, 6.07) is 5.68. The van der Waals surface area contributed by atoms with Crippen LogP contribution >= 0.6 is 0 Å². The SMILES string of the molecule is COC(=O)c1cc(=O)c2oc3cc(OC)ccc3c(=O)c2[nH]1. The van der Waals surface area contributed by atoms with E-state index in [2.05, 4.69) is 9.72 Å². The van der Waals surface area contributed by atoms with Crippen LogP contribution in [0.2, 0.25) is 0 Å². The highest BCUT2D eigenvalue weighted by molar-refractivity contribution is 5.92. The number of carbonyl (C=O) groups is 1. The molecule has 0 saturated heterocycles. The van der Waals surface area contributed by atoms with Gasteiger partial charge in [-0.05, 0) is 12.1 Å². The van der Waals surface area contributed by atoms with Gasteiger partial charge in [0.25, 0.3) is 0 Å². The highest BCUT2D eigenvalue weighted by atomic mass is 16.5. The Kier molecular flexibility index (Phi) is 3.17. The van der Waals surface area contributed by atoms with Crippen LogP contribution in [0.5, 0.6) is 5.75 Å². The maximum absolute atomic E-state index is 12.5. The molecule has 3 rings (SSSR count). The molecule has 2 aromatic heterocycles. The number of rotatable bonds is 2. The number of hydrogen-bond donors (Lipinski definition) is 1. The Morgan fingerprint density at radius 3 is 2.64 bits per heavy atom. The number of methoxy groups -OCH3 is 2. The largest absolute Gasteiger partial charge is 0.497 e. The average Bonchev–Trinajstić information content (AvgIpc) is 2.54. The lowest BCUT2D eigenvalue weighted by atomic mass is 10.2. The van der Waals surface area contributed by atoms with Gasteiger partial charge in [0, 0.05) is 12.1 Å². The standard InChI is InChI=1S/C15H11NO6/c1-20-7-3-4-8-11(5-7)22-14-10(17)6-9(15(19)21-2)16-12(14)13(8)18/h3-6H,1-2H3,(H,16,17). The van der Waals surface area contributed by atoms with Crippen LogP contribution in [-0.4, -0.2) is 25.2 Å². The van der Waals surface area contributed by atoms with E-state index >= 15 is 0 Å². The summed E-state index contributed by atoms with van der Waals surface area (Å²) >= 11 is 0. The van der Waals surface area contributed by atoms with Crippen LogP contribution in [0.25, 0.3) is 22.1 Å². The molecule has 0 bridgehead atoms. The molecular weight excluding hydrogens is 290 g/mol. The first-order valence-electron chi connectivity index (χ1n) is 6.31. The van der Waals surface area contributed by atoms with Crippen LogP contribution in [0, 0.1) is 0 Å². The number of pyridine rings is 1. The second kappa shape index (κ2) is 5.03. The van der Waals surface area contributed by atoms with Gasteiger partial charge in [0.15, 0.2) is 0 Å². The quantitative estimate of drug-likeness (QED) is 0.568. The third-order valence-corrected chi connectivity index (χ3v) is 3.26. The van der Waals surface area contributed by atoms with Crippen LogP contribution < -0.4 is 15.6 Å². The summed E-state index contributed by atoms with van der Waals surface area (Å²) < 4.78 is 15.1. The molecule has 0 saturated carbocycles. The molecule has 0 unspecified atom stereocenters. The minimum absolute atomic E-state index is 0.0782. The fourth-order valence-electron chi connectivity index (χ4n) is 2.17. The molecule has 7 heteroatoms. The van der Waals surface area contributed by atoms with Crippen LogP contribution in [0.4, 0.5) is 0 Å². The Labute approximate surface area is 123 Å². The summed E-state index contributed by atoms with van der Waals surface area (Å²) in [5.41, 5.74) is -1.14. The summed E-state index contributed by atoms with van der Waals surface area (Å²) in [6.07, 6.45) is 0. The van der Waals surface area contributed by atoms with Crippen LogP contribution in [0.3, 0.4) is 0 Å². The molecule has 0 amide bonds. The molecule has 0 fully saturated rings. The van der Waals surface area contributed by atoms with E-state index in [1.54, 1.807) is 6.07 Å². The molecule has 2 heterocycles. The number of H-pyrrole nitrogens is 1. The van der Waals surface area contributed by atoms with Crippen LogP contribution in [0.15, 0.2) is 38.3 Å². The van der Waals surface area contributed by atoms with E-state index < -0.39 is 16.8 Å². The number of aromatic amines is 1. The third-order valence-electron chi connectivity index (χ3n) is 3.26. The number of hydrogen-bond acceptors (Lipinski definition) is 6. The lowest BCUT2D eigenvalue weighted by Crippen LogP contribution is -2.16. The number of esters is 1. The first-order chi connectivity index (χ1) is 10.5. The molecule has 1 N–H and O–H groups in total. The molecule has 0 aliphatic heterocycles. The molecule has 3 aromatic rings. The molecule has 0 aliphatic rings. The van der Waals surface area contributed by atoms with Crippen LogP contribution in [0.1, 0.15) is 10.5 Å². The average molecular weight is 301 g/mol. The van der Waals surface area contributed by atoms with E-state index in [4.69, 9.17) is 9.15 Å². The van der Waals surface area contributed by atoms with Crippen molar-refractivity contribution in [2.24, 2.45) is 0 Å². The normalized spacial score (nSPS) is 10.8. The number of benzene rings is 1. The molecule has 0 atom stereocenters. The van der Waals surface area contributed by atoms with Gasteiger partial charge in [0.05, 0.1) is 19.6 Å². The van der Waals surface area contributed by atoms with E-state index in [0.29, 0.717) is 5.75 Å². The van der Waals surface area contributed by atoms with Gasteiger partial charge in [-0.25, -0.2) is 4.79 Å². The summed E-state index contributed by atoms with van der Waals surface area (Å²) in [5.74, 6) is -0.245. The fourth-order valence-corrected chi connectivity index (χ4v) is 2.17. The Morgan fingerprint density at radius 2 is 1.95 bits per heavy atom. The zero-order valence-electron chi connectivity index (χ0n) is 11.8. The van der Waals surface area contributed by atoms with Crippen molar-refractivity contribution in [3.8, 4) is 5.75 Å². The molecule has 0 spiro atoms. The smallest absolute Gasteiger partial charge is 0.354 e. The lowest BCUT2D eigenvalue weighted by Gasteiger charge is -2.05. The van der Waals surface area contributed by atoms with Crippen molar-refractivity contribution in [2.75, 3.05) is 14.2 Å². The molecule has 22 heavy (non-hydrogen) atoms. The van der Waals surface area contributed by atoms with Crippen molar-refractivity contribution in [3.05, 3.63) is 50.4 Å². The van der Waals surface area contributed by atoms with E-state index in [1.165, 1.54) is 26.4 Å². The summed E-state index contributed by atoms with van der Waals surface area (Å²) in [7, 11) is 2.66. The van der Waals surface area contributed by atoms with Gasteiger partial charge >= 0.3 is 5.97 Å². The van der Waals surface area contributed by atoms with Crippen molar-refractivity contribution in [2.45, 2.75) is 0 Å². The molecule has 7 nitrogen and oxygen atoms in total. The van der Waals surface area contributed by atoms with E-state index in [0.717, 1.165) is 6.07 Å². The first-order valence-corrected chi connectivity index (χ1v) is 6.31. The van der Waals surface area contributed by atoms with Gasteiger partial charge in [-0.15, -0.1) is 0 Å². The third kappa shape index (κ3) is 2.03. The topological polar surface area (TPSA) is 98.6 Å². The molecule has 112 valence electrons. The Morgan fingerprint density at radius 1 is 1.18 bits per heavy atom. The number of ether oxygens (including phenoxy) is 2. The summed E-state index contributed by atoms with van der Waals surface area (Å²) in [5, 5.41) is 0.269. The predicted octanol–water partition coefficient (Wildman–Crippen LogP) is 1.43. The van der Waals surface area contributed by atoms with Gasteiger partial charge in [0.2, 0.25) is 16.4 Å². The highest BCUT2D eigenvalue weighted by Gasteiger charge is 2.15. The first kappa shape index (κ1) is 13.9. The zero-order valence-corrected chi connectivity index (χ0v) is 11.8. The molecular formula is C15H11NO6. The molecule has 1 aromatic carbocycles. The van der Waals surface area contributed by atoms with Crippen molar-refractivity contribution < 1.29 is 18.7 Å². The van der Waals surface area contributed by atoms with Gasteiger partial charge in [-0.3, -0.25) is 9.59 Å². The second-order valence-electron chi connectivity index (χ2n) is 4.54. The maximum Gasteiger partial charge on any atom is 0.354 e. The number of fused-ring (bicyclic) bond motifs is 2. The monoisotopic (exact) mass is 301 g/mol. The number of nitrogens with one attached hydrogen (secondary N) is 1. The van der Waals surface area contributed by atoms with Gasteiger partial charge in [-0.1, -0.05) is 0 Å². The molecule has 0 aliphatic carbocycles. The van der Waals surface area contributed by atoms with Crippen LogP contribution in [-0.2, 0) is 4.74 Å².